The molecule has 1 aromatic heterocycles. The summed E-state index contributed by atoms with van der Waals surface area (Å²) in [6.45, 7) is 3.96. The fourth-order valence-corrected chi connectivity index (χ4v) is 3.71. The lowest BCUT2D eigenvalue weighted by Gasteiger charge is -2.16. The summed E-state index contributed by atoms with van der Waals surface area (Å²) in [7, 11) is 1.68. The Kier molecular flexibility index (Phi) is 5.30. The number of ether oxygens (including phenoxy) is 2. The maximum atomic E-state index is 12.6. The molecule has 0 saturated carbocycles. The van der Waals surface area contributed by atoms with E-state index >= 15 is 0 Å². The number of carbonyl (C=O) groups is 1. The van der Waals surface area contributed by atoms with Crippen molar-refractivity contribution in [1.29, 1.82) is 0 Å². The molecular formula is C22H25N3O3. The molecule has 6 nitrogen and oxygen atoms in total. The Morgan fingerprint density at radius 3 is 3.04 bits per heavy atom. The molecule has 1 N–H and O–H groups in total. The Bertz CT molecular complexity index is 996. The van der Waals surface area contributed by atoms with Crippen molar-refractivity contribution in [3.05, 3.63) is 59.4 Å². The van der Waals surface area contributed by atoms with Crippen LogP contribution in [-0.2, 0) is 28.9 Å². The lowest BCUT2D eigenvalue weighted by atomic mass is 10.1. The smallest absolute Gasteiger partial charge is 0.224 e. The number of benzene rings is 2. The minimum absolute atomic E-state index is 0.0317. The van der Waals surface area contributed by atoms with E-state index in [-0.39, 0.29) is 11.9 Å². The summed E-state index contributed by atoms with van der Waals surface area (Å²) in [5.41, 5.74) is 4.14. The highest BCUT2D eigenvalue weighted by molar-refractivity contribution is 5.80. The first kappa shape index (κ1) is 18.5. The van der Waals surface area contributed by atoms with Crippen LogP contribution in [0, 0.1) is 0 Å². The van der Waals surface area contributed by atoms with Crippen LogP contribution in [0.4, 0.5) is 0 Å². The van der Waals surface area contributed by atoms with Gasteiger partial charge in [-0.3, -0.25) is 4.79 Å². The number of amides is 1. The Morgan fingerprint density at radius 1 is 1.32 bits per heavy atom. The fourth-order valence-electron chi connectivity index (χ4n) is 3.71. The lowest BCUT2D eigenvalue weighted by Crippen LogP contribution is -2.30. The van der Waals surface area contributed by atoms with Gasteiger partial charge in [-0.05, 0) is 36.2 Å². The molecule has 28 heavy (non-hydrogen) atoms. The third-order valence-electron chi connectivity index (χ3n) is 5.09. The molecular weight excluding hydrogens is 354 g/mol. The number of fused-ring (bicyclic) bond motifs is 2. The number of imidazole rings is 1. The molecule has 0 saturated heterocycles. The molecule has 146 valence electrons. The average Bonchev–Trinajstić information content (AvgIpc) is 3.30. The number of rotatable bonds is 7. The van der Waals surface area contributed by atoms with E-state index in [0.29, 0.717) is 19.6 Å². The van der Waals surface area contributed by atoms with Gasteiger partial charge in [0.2, 0.25) is 5.91 Å². The van der Waals surface area contributed by atoms with Crippen molar-refractivity contribution in [2.24, 2.45) is 0 Å². The van der Waals surface area contributed by atoms with Gasteiger partial charge in [0, 0.05) is 20.1 Å². The van der Waals surface area contributed by atoms with Crippen LogP contribution in [0.3, 0.4) is 0 Å². The van der Waals surface area contributed by atoms with Gasteiger partial charge in [0.25, 0.3) is 0 Å². The number of para-hydroxylation sites is 2. The lowest BCUT2D eigenvalue weighted by molar-refractivity contribution is -0.121. The Hall–Kier alpha value is -2.86. The van der Waals surface area contributed by atoms with Crippen molar-refractivity contribution < 1.29 is 14.3 Å². The topological polar surface area (TPSA) is 65.4 Å². The molecule has 3 aromatic rings. The van der Waals surface area contributed by atoms with E-state index in [4.69, 9.17) is 14.5 Å². The fraction of sp³-hybridized carbons (Fsp3) is 0.364. The SMILES string of the molecule is COCCn1c(C(C)NC(=O)Cc2ccc3c(c2)OCC3)nc2ccccc21. The van der Waals surface area contributed by atoms with E-state index in [9.17, 15) is 4.79 Å². The van der Waals surface area contributed by atoms with Crippen molar-refractivity contribution in [3.8, 4) is 5.75 Å². The first-order valence-corrected chi connectivity index (χ1v) is 9.64. The van der Waals surface area contributed by atoms with E-state index < -0.39 is 0 Å². The minimum Gasteiger partial charge on any atom is -0.493 e. The summed E-state index contributed by atoms with van der Waals surface area (Å²) in [5.74, 6) is 1.71. The second kappa shape index (κ2) is 8.02. The van der Waals surface area contributed by atoms with Crippen LogP contribution in [0.15, 0.2) is 42.5 Å². The standard InChI is InChI=1S/C22H25N3O3/c1-15(22-24-18-5-3-4-6-19(18)25(22)10-12-27-2)23-21(26)14-16-7-8-17-9-11-28-20(17)13-16/h3-8,13,15H,9-12,14H2,1-2H3,(H,23,26). The van der Waals surface area contributed by atoms with Crippen LogP contribution < -0.4 is 10.1 Å². The molecule has 6 heteroatoms. The van der Waals surface area contributed by atoms with Gasteiger partial charge >= 0.3 is 0 Å². The molecule has 0 fully saturated rings. The highest BCUT2D eigenvalue weighted by Gasteiger charge is 2.19. The summed E-state index contributed by atoms with van der Waals surface area (Å²) < 4.78 is 13.0. The number of hydrogen-bond donors (Lipinski definition) is 1. The quantitative estimate of drug-likeness (QED) is 0.685. The first-order valence-electron chi connectivity index (χ1n) is 9.64. The number of hydrogen-bond acceptors (Lipinski definition) is 4. The van der Waals surface area contributed by atoms with Gasteiger partial charge < -0.3 is 19.4 Å². The van der Waals surface area contributed by atoms with E-state index in [1.807, 2.05) is 43.3 Å². The number of aromatic nitrogens is 2. The second-order valence-corrected chi connectivity index (χ2v) is 7.11. The minimum atomic E-state index is -0.206. The van der Waals surface area contributed by atoms with E-state index in [1.165, 1.54) is 5.56 Å². The zero-order valence-electron chi connectivity index (χ0n) is 16.3. The maximum Gasteiger partial charge on any atom is 0.224 e. The van der Waals surface area contributed by atoms with Crippen LogP contribution >= 0.6 is 0 Å². The van der Waals surface area contributed by atoms with Gasteiger partial charge in [-0.1, -0.05) is 24.3 Å². The number of nitrogens with one attached hydrogen (secondary N) is 1. The molecule has 2 heterocycles. The molecule has 0 bridgehead atoms. The van der Waals surface area contributed by atoms with Crippen molar-refractivity contribution in [1.82, 2.24) is 14.9 Å². The molecule has 0 radical (unpaired) electrons. The summed E-state index contributed by atoms with van der Waals surface area (Å²) in [4.78, 5) is 17.4. The predicted octanol–water partition coefficient (Wildman–Crippen LogP) is 3.04. The number of nitrogens with zero attached hydrogens (tertiary/aromatic N) is 2. The summed E-state index contributed by atoms with van der Waals surface area (Å²) in [6.07, 6.45) is 1.26. The third-order valence-corrected chi connectivity index (χ3v) is 5.09. The van der Waals surface area contributed by atoms with Crippen LogP contribution in [-0.4, -0.2) is 35.8 Å². The number of carbonyl (C=O) groups excluding carboxylic acids is 1. The molecule has 4 rings (SSSR count). The zero-order chi connectivity index (χ0) is 19.5. The molecule has 0 spiro atoms. The van der Waals surface area contributed by atoms with Crippen LogP contribution in [0.5, 0.6) is 5.75 Å². The normalized spacial score (nSPS) is 13.9. The predicted molar refractivity (Wildman–Crippen MR) is 108 cm³/mol. The Balaban J connectivity index is 1.49. The Morgan fingerprint density at radius 2 is 2.18 bits per heavy atom. The molecule has 1 aliphatic heterocycles. The first-order chi connectivity index (χ1) is 13.7. The van der Waals surface area contributed by atoms with Crippen molar-refractivity contribution in [2.45, 2.75) is 32.4 Å². The number of methoxy groups -OCH3 is 1. The third kappa shape index (κ3) is 3.73. The molecule has 1 amide bonds. The van der Waals surface area contributed by atoms with Crippen molar-refractivity contribution in [2.75, 3.05) is 20.3 Å². The highest BCUT2D eigenvalue weighted by Crippen LogP contribution is 2.26. The highest BCUT2D eigenvalue weighted by atomic mass is 16.5. The van der Waals surface area contributed by atoms with E-state index in [1.54, 1.807) is 7.11 Å². The molecule has 1 aliphatic rings. The van der Waals surface area contributed by atoms with Gasteiger partial charge in [-0.25, -0.2) is 4.98 Å². The van der Waals surface area contributed by atoms with Crippen molar-refractivity contribution >= 4 is 16.9 Å². The van der Waals surface area contributed by atoms with Crippen LogP contribution in [0.2, 0.25) is 0 Å². The van der Waals surface area contributed by atoms with Gasteiger partial charge in [0.15, 0.2) is 0 Å². The van der Waals surface area contributed by atoms with Gasteiger partial charge in [-0.2, -0.15) is 0 Å². The largest absolute Gasteiger partial charge is 0.493 e. The Labute approximate surface area is 164 Å². The molecule has 0 aliphatic carbocycles. The van der Waals surface area contributed by atoms with Gasteiger partial charge in [0.1, 0.15) is 11.6 Å². The van der Waals surface area contributed by atoms with Crippen LogP contribution in [0.1, 0.15) is 29.9 Å². The van der Waals surface area contributed by atoms with Gasteiger partial charge in [-0.15, -0.1) is 0 Å². The maximum absolute atomic E-state index is 12.6. The summed E-state index contributed by atoms with van der Waals surface area (Å²) >= 11 is 0. The average molecular weight is 379 g/mol. The molecule has 1 unspecified atom stereocenters. The van der Waals surface area contributed by atoms with Crippen LogP contribution in [0.25, 0.3) is 11.0 Å². The second-order valence-electron chi connectivity index (χ2n) is 7.11. The molecule has 2 aromatic carbocycles. The van der Waals surface area contributed by atoms with Gasteiger partial charge in [0.05, 0.1) is 36.7 Å². The van der Waals surface area contributed by atoms with Crippen molar-refractivity contribution in [3.63, 3.8) is 0 Å². The van der Waals surface area contributed by atoms with E-state index in [0.717, 1.165) is 41.2 Å². The molecule has 1 atom stereocenters. The van der Waals surface area contributed by atoms with E-state index in [2.05, 4.69) is 16.0 Å². The monoisotopic (exact) mass is 379 g/mol. The summed E-state index contributed by atoms with van der Waals surface area (Å²) in [5, 5.41) is 3.09. The zero-order valence-corrected chi connectivity index (χ0v) is 16.3. The summed E-state index contributed by atoms with van der Waals surface area (Å²) in [6, 6.07) is 13.8.